The minimum atomic E-state index is -0.725. The molecule has 0 heterocycles. The SMILES string of the molecule is CCCCCCCCNC(=O)NCCCC(NC(=O)NCCCCCCCC)C(=O)OC. The number of nitrogens with one attached hydrogen (secondary N) is 4. The van der Waals surface area contributed by atoms with E-state index in [2.05, 4.69) is 35.1 Å². The molecule has 4 amide bonds. The van der Waals surface area contributed by atoms with E-state index in [-0.39, 0.29) is 12.1 Å². The molecule has 0 aromatic heterocycles. The molecule has 32 heavy (non-hydrogen) atoms. The van der Waals surface area contributed by atoms with Crippen molar-refractivity contribution < 1.29 is 19.1 Å². The van der Waals surface area contributed by atoms with Crippen molar-refractivity contribution in [2.45, 2.75) is 110 Å². The number of ether oxygens (including phenoxy) is 1. The van der Waals surface area contributed by atoms with Gasteiger partial charge in [-0.3, -0.25) is 0 Å². The van der Waals surface area contributed by atoms with Crippen molar-refractivity contribution in [3.8, 4) is 0 Å². The molecule has 188 valence electrons. The maximum absolute atomic E-state index is 12.1. The van der Waals surface area contributed by atoms with Crippen molar-refractivity contribution in [1.29, 1.82) is 0 Å². The number of amides is 4. The van der Waals surface area contributed by atoms with Crippen LogP contribution in [-0.2, 0) is 9.53 Å². The molecule has 8 nitrogen and oxygen atoms in total. The summed E-state index contributed by atoms with van der Waals surface area (Å²) < 4.78 is 4.79. The fourth-order valence-electron chi connectivity index (χ4n) is 3.39. The number of unbranched alkanes of at least 4 members (excludes halogenated alkanes) is 10. The number of carbonyl (C=O) groups excluding carboxylic acids is 3. The summed E-state index contributed by atoms with van der Waals surface area (Å²) in [6.07, 6.45) is 15.0. The highest BCUT2D eigenvalue weighted by molar-refractivity contribution is 5.83. The molecular weight excluding hydrogens is 408 g/mol. The molecule has 0 aromatic rings. The van der Waals surface area contributed by atoms with E-state index in [4.69, 9.17) is 4.74 Å². The van der Waals surface area contributed by atoms with E-state index in [0.717, 1.165) is 25.7 Å². The number of rotatable bonds is 20. The summed E-state index contributed by atoms with van der Waals surface area (Å²) >= 11 is 0. The summed E-state index contributed by atoms with van der Waals surface area (Å²) in [5, 5.41) is 11.1. The van der Waals surface area contributed by atoms with Gasteiger partial charge in [-0.2, -0.15) is 0 Å². The smallest absolute Gasteiger partial charge is 0.328 e. The largest absolute Gasteiger partial charge is 0.467 e. The third-order valence-electron chi connectivity index (χ3n) is 5.38. The van der Waals surface area contributed by atoms with Crippen LogP contribution in [0, 0.1) is 0 Å². The van der Waals surface area contributed by atoms with E-state index in [1.807, 2.05) is 0 Å². The quantitative estimate of drug-likeness (QED) is 0.158. The normalized spacial score (nSPS) is 11.5. The van der Waals surface area contributed by atoms with Gasteiger partial charge >= 0.3 is 18.0 Å². The fraction of sp³-hybridized carbons (Fsp3) is 0.875. The summed E-state index contributed by atoms with van der Waals surface area (Å²) in [5.41, 5.74) is 0. The fourth-order valence-corrected chi connectivity index (χ4v) is 3.39. The van der Waals surface area contributed by atoms with E-state index in [1.165, 1.54) is 58.5 Å². The minimum Gasteiger partial charge on any atom is -0.467 e. The van der Waals surface area contributed by atoms with E-state index >= 15 is 0 Å². The first-order chi connectivity index (χ1) is 15.5. The Hall–Kier alpha value is -1.99. The van der Waals surface area contributed by atoms with Gasteiger partial charge in [-0.05, 0) is 25.7 Å². The third-order valence-corrected chi connectivity index (χ3v) is 5.38. The Morgan fingerprint density at radius 1 is 0.625 bits per heavy atom. The van der Waals surface area contributed by atoms with Crippen LogP contribution >= 0.6 is 0 Å². The van der Waals surface area contributed by atoms with Crippen molar-refractivity contribution in [2.75, 3.05) is 26.7 Å². The summed E-state index contributed by atoms with van der Waals surface area (Å²) in [6.45, 7) is 6.07. The highest BCUT2D eigenvalue weighted by Crippen LogP contribution is 2.05. The van der Waals surface area contributed by atoms with Crippen molar-refractivity contribution in [1.82, 2.24) is 21.3 Å². The molecular formula is C24H48N4O4. The third kappa shape index (κ3) is 18.8. The topological polar surface area (TPSA) is 109 Å². The average molecular weight is 457 g/mol. The number of urea groups is 2. The average Bonchev–Trinajstić information content (AvgIpc) is 2.79. The van der Waals surface area contributed by atoms with Crippen LogP contribution in [0.15, 0.2) is 0 Å². The van der Waals surface area contributed by atoms with Gasteiger partial charge in [0.15, 0.2) is 0 Å². The zero-order chi connectivity index (χ0) is 23.9. The van der Waals surface area contributed by atoms with Gasteiger partial charge in [0.2, 0.25) is 0 Å². The Morgan fingerprint density at radius 3 is 1.56 bits per heavy atom. The van der Waals surface area contributed by atoms with Gasteiger partial charge in [0.1, 0.15) is 6.04 Å². The lowest BCUT2D eigenvalue weighted by Crippen LogP contribution is -2.47. The molecule has 1 atom stereocenters. The van der Waals surface area contributed by atoms with Crippen LogP contribution < -0.4 is 21.3 Å². The molecule has 0 bridgehead atoms. The zero-order valence-corrected chi connectivity index (χ0v) is 20.7. The van der Waals surface area contributed by atoms with Gasteiger partial charge < -0.3 is 26.0 Å². The van der Waals surface area contributed by atoms with Crippen LogP contribution in [0.4, 0.5) is 9.59 Å². The summed E-state index contributed by atoms with van der Waals surface area (Å²) in [6, 6.07) is -1.28. The second-order valence-electron chi connectivity index (χ2n) is 8.34. The van der Waals surface area contributed by atoms with E-state index in [1.54, 1.807) is 0 Å². The summed E-state index contributed by atoms with van der Waals surface area (Å²) in [7, 11) is 1.30. The van der Waals surface area contributed by atoms with Crippen molar-refractivity contribution in [2.24, 2.45) is 0 Å². The number of methoxy groups -OCH3 is 1. The van der Waals surface area contributed by atoms with Crippen LogP contribution in [0.3, 0.4) is 0 Å². The lowest BCUT2D eigenvalue weighted by atomic mass is 10.1. The molecule has 0 saturated carbocycles. The number of esters is 1. The van der Waals surface area contributed by atoms with Crippen molar-refractivity contribution in [3.05, 3.63) is 0 Å². The number of hydrogen-bond acceptors (Lipinski definition) is 4. The first-order valence-corrected chi connectivity index (χ1v) is 12.7. The Morgan fingerprint density at radius 2 is 1.06 bits per heavy atom. The Labute approximate surface area is 195 Å². The Kier molecular flexibility index (Phi) is 20.8. The number of hydrogen-bond donors (Lipinski definition) is 4. The monoisotopic (exact) mass is 456 g/mol. The molecule has 0 aliphatic heterocycles. The van der Waals surface area contributed by atoms with Crippen molar-refractivity contribution in [3.63, 3.8) is 0 Å². The maximum atomic E-state index is 12.1. The van der Waals surface area contributed by atoms with Gasteiger partial charge in [-0.1, -0.05) is 78.1 Å². The predicted octanol–water partition coefficient (Wildman–Crippen LogP) is 4.63. The van der Waals surface area contributed by atoms with E-state index < -0.39 is 12.0 Å². The summed E-state index contributed by atoms with van der Waals surface area (Å²) in [4.78, 5) is 35.9. The first kappa shape index (κ1) is 30.0. The highest BCUT2D eigenvalue weighted by atomic mass is 16.5. The van der Waals surface area contributed by atoms with Crippen LogP contribution in [0.1, 0.15) is 104 Å². The Bertz CT molecular complexity index is 489. The minimum absolute atomic E-state index is 0.196. The second-order valence-corrected chi connectivity index (χ2v) is 8.34. The van der Waals surface area contributed by atoms with Crippen LogP contribution in [0.2, 0.25) is 0 Å². The lowest BCUT2D eigenvalue weighted by Gasteiger charge is -2.17. The molecule has 0 rings (SSSR count). The molecule has 8 heteroatoms. The van der Waals surface area contributed by atoms with Gasteiger partial charge in [-0.25, -0.2) is 14.4 Å². The second kappa shape index (κ2) is 22.2. The molecule has 4 N–H and O–H groups in total. The highest BCUT2D eigenvalue weighted by Gasteiger charge is 2.20. The maximum Gasteiger partial charge on any atom is 0.328 e. The zero-order valence-electron chi connectivity index (χ0n) is 20.7. The first-order valence-electron chi connectivity index (χ1n) is 12.7. The predicted molar refractivity (Wildman–Crippen MR) is 130 cm³/mol. The van der Waals surface area contributed by atoms with Crippen LogP contribution in [0.5, 0.6) is 0 Å². The number of carbonyl (C=O) groups is 3. The molecule has 0 radical (unpaired) electrons. The van der Waals surface area contributed by atoms with Gasteiger partial charge in [0.05, 0.1) is 7.11 Å². The molecule has 0 aliphatic rings. The standard InChI is InChI=1S/C24H48N4O4/c1-4-6-8-10-12-14-18-25-23(30)26-20-16-17-21(22(29)32-3)28-24(31)27-19-15-13-11-9-7-5-2/h21H,4-20H2,1-3H3,(H2,25,26,30)(H2,27,28,31). The van der Waals surface area contributed by atoms with E-state index in [0.29, 0.717) is 32.5 Å². The molecule has 0 fully saturated rings. The van der Waals surface area contributed by atoms with Gasteiger partial charge in [0, 0.05) is 19.6 Å². The van der Waals surface area contributed by atoms with Crippen LogP contribution in [0.25, 0.3) is 0 Å². The lowest BCUT2D eigenvalue weighted by molar-refractivity contribution is -0.143. The molecule has 0 saturated heterocycles. The molecule has 0 aliphatic carbocycles. The molecule has 0 aromatic carbocycles. The van der Waals surface area contributed by atoms with Crippen molar-refractivity contribution >= 4 is 18.0 Å². The summed E-state index contributed by atoms with van der Waals surface area (Å²) in [5.74, 6) is -0.479. The molecule has 1 unspecified atom stereocenters. The van der Waals surface area contributed by atoms with Crippen LogP contribution in [-0.4, -0.2) is 50.8 Å². The van der Waals surface area contributed by atoms with Gasteiger partial charge in [-0.15, -0.1) is 0 Å². The molecule has 0 spiro atoms. The van der Waals surface area contributed by atoms with E-state index in [9.17, 15) is 14.4 Å². The van der Waals surface area contributed by atoms with Gasteiger partial charge in [0.25, 0.3) is 0 Å². The Balaban J connectivity index is 3.91.